The van der Waals surface area contributed by atoms with Crippen LogP contribution in [0.25, 0.3) is 0 Å². The molecular formula is C16H21N3O. The lowest BCUT2D eigenvalue weighted by Gasteiger charge is -2.12. The van der Waals surface area contributed by atoms with Gasteiger partial charge in [-0.3, -0.25) is 0 Å². The van der Waals surface area contributed by atoms with Gasteiger partial charge in [0.2, 0.25) is 0 Å². The molecule has 0 unspecified atom stereocenters. The summed E-state index contributed by atoms with van der Waals surface area (Å²) >= 11 is 0. The van der Waals surface area contributed by atoms with Crippen LogP contribution < -0.4 is 10.5 Å². The molecule has 1 heterocycles. The Kier molecular flexibility index (Phi) is 4.35. The number of benzene rings is 1. The Bertz CT molecular complexity index is 609. The Morgan fingerprint density at radius 1 is 1.25 bits per heavy atom. The number of hydrogen-bond donors (Lipinski definition) is 1. The molecule has 1 aromatic carbocycles. The third-order valence-electron chi connectivity index (χ3n) is 3.35. The molecule has 0 aliphatic carbocycles. The van der Waals surface area contributed by atoms with Crippen LogP contribution in [-0.2, 0) is 6.54 Å². The van der Waals surface area contributed by atoms with Crippen LogP contribution in [0.2, 0.25) is 0 Å². The summed E-state index contributed by atoms with van der Waals surface area (Å²) in [6.45, 7) is 8.80. The van der Waals surface area contributed by atoms with Crippen LogP contribution in [0.1, 0.15) is 42.1 Å². The molecule has 0 fully saturated rings. The Hall–Kier alpha value is -1.94. The number of ether oxygens (including phenoxy) is 1. The van der Waals surface area contributed by atoms with E-state index in [1.165, 1.54) is 11.1 Å². The van der Waals surface area contributed by atoms with Gasteiger partial charge < -0.3 is 10.5 Å². The molecule has 0 spiro atoms. The molecule has 0 saturated heterocycles. The van der Waals surface area contributed by atoms with Crippen LogP contribution in [0.3, 0.4) is 0 Å². The van der Waals surface area contributed by atoms with Gasteiger partial charge in [-0.25, -0.2) is 4.98 Å². The van der Waals surface area contributed by atoms with E-state index in [-0.39, 0.29) is 0 Å². The minimum Gasteiger partial charge on any atom is -0.424 e. The highest BCUT2D eigenvalue weighted by Crippen LogP contribution is 2.25. The maximum Gasteiger partial charge on any atom is 0.322 e. The molecular weight excluding hydrogens is 250 g/mol. The van der Waals surface area contributed by atoms with E-state index in [2.05, 4.69) is 36.8 Å². The number of rotatable bonds is 4. The van der Waals surface area contributed by atoms with E-state index in [4.69, 9.17) is 10.5 Å². The van der Waals surface area contributed by atoms with Crippen molar-refractivity contribution in [2.45, 2.75) is 40.2 Å². The fraction of sp³-hybridized carbons (Fsp3) is 0.375. The number of nitrogens with two attached hydrogens (primary N) is 1. The molecule has 20 heavy (non-hydrogen) atoms. The lowest BCUT2D eigenvalue weighted by Crippen LogP contribution is -2.03. The maximum absolute atomic E-state index is 5.71. The maximum atomic E-state index is 5.71. The van der Waals surface area contributed by atoms with Crippen molar-refractivity contribution in [3.63, 3.8) is 0 Å². The number of aryl methyl sites for hydroxylation is 2. The zero-order valence-electron chi connectivity index (χ0n) is 12.5. The van der Waals surface area contributed by atoms with Crippen molar-refractivity contribution < 1.29 is 4.74 Å². The first kappa shape index (κ1) is 14.5. The minimum atomic E-state index is 0.358. The van der Waals surface area contributed by atoms with Crippen molar-refractivity contribution in [2.24, 2.45) is 5.73 Å². The minimum absolute atomic E-state index is 0.358. The Labute approximate surface area is 120 Å². The number of hydrogen-bond acceptors (Lipinski definition) is 4. The molecule has 0 aliphatic heterocycles. The summed E-state index contributed by atoms with van der Waals surface area (Å²) in [6, 6.07) is 6.43. The zero-order chi connectivity index (χ0) is 14.7. The largest absolute Gasteiger partial charge is 0.424 e. The van der Waals surface area contributed by atoms with Crippen molar-refractivity contribution >= 4 is 0 Å². The molecule has 0 amide bonds. The number of aromatic nitrogens is 2. The molecule has 2 N–H and O–H groups in total. The van der Waals surface area contributed by atoms with Crippen LogP contribution >= 0.6 is 0 Å². The normalized spacial score (nSPS) is 10.9. The molecule has 1 aromatic heterocycles. The Morgan fingerprint density at radius 3 is 2.55 bits per heavy atom. The van der Waals surface area contributed by atoms with Crippen LogP contribution in [0.5, 0.6) is 11.8 Å². The van der Waals surface area contributed by atoms with Gasteiger partial charge in [0.1, 0.15) is 5.75 Å². The van der Waals surface area contributed by atoms with Gasteiger partial charge in [-0.15, -0.1) is 0 Å². The fourth-order valence-electron chi connectivity index (χ4n) is 2.19. The third kappa shape index (κ3) is 3.14. The van der Waals surface area contributed by atoms with Gasteiger partial charge in [0.05, 0.1) is 0 Å². The van der Waals surface area contributed by atoms with E-state index in [9.17, 15) is 0 Å². The highest BCUT2D eigenvalue weighted by molar-refractivity contribution is 5.37. The van der Waals surface area contributed by atoms with Crippen molar-refractivity contribution in [1.29, 1.82) is 0 Å². The predicted octanol–water partition coefficient (Wildman–Crippen LogP) is 3.47. The van der Waals surface area contributed by atoms with Crippen molar-refractivity contribution in [3.8, 4) is 11.8 Å². The van der Waals surface area contributed by atoms with Crippen LogP contribution in [0, 0.1) is 13.8 Å². The van der Waals surface area contributed by atoms with E-state index in [1.54, 1.807) is 6.20 Å². The summed E-state index contributed by atoms with van der Waals surface area (Å²) < 4.78 is 5.71. The standard InChI is InChI=1S/C16H21N3O/c1-10(2)15-6-5-14(7-11(15)3)20-16-18-9-13(8-17)12(4)19-16/h5-7,9-10H,8,17H2,1-4H3. The van der Waals surface area contributed by atoms with Gasteiger partial charge in [-0.1, -0.05) is 19.9 Å². The Morgan fingerprint density at radius 2 is 2.00 bits per heavy atom. The van der Waals surface area contributed by atoms with E-state index in [0.717, 1.165) is 17.0 Å². The zero-order valence-corrected chi connectivity index (χ0v) is 12.5. The SMILES string of the molecule is Cc1cc(Oc2ncc(CN)c(C)n2)ccc1C(C)C. The highest BCUT2D eigenvalue weighted by atomic mass is 16.5. The van der Waals surface area contributed by atoms with Crippen LogP contribution in [-0.4, -0.2) is 9.97 Å². The van der Waals surface area contributed by atoms with Crippen LogP contribution in [0.15, 0.2) is 24.4 Å². The summed E-state index contributed by atoms with van der Waals surface area (Å²) in [5.41, 5.74) is 9.93. The van der Waals surface area contributed by atoms with Crippen molar-refractivity contribution in [2.75, 3.05) is 0 Å². The van der Waals surface area contributed by atoms with Gasteiger partial charge in [-0.05, 0) is 43.0 Å². The van der Waals surface area contributed by atoms with Gasteiger partial charge >= 0.3 is 6.01 Å². The van der Waals surface area contributed by atoms with Gasteiger partial charge in [-0.2, -0.15) is 4.98 Å². The third-order valence-corrected chi connectivity index (χ3v) is 3.35. The summed E-state index contributed by atoms with van der Waals surface area (Å²) in [5, 5.41) is 0. The van der Waals surface area contributed by atoms with E-state index in [0.29, 0.717) is 18.5 Å². The summed E-state index contributed by atoms with van der Waals surface area (Å²) in [7, 11) is 0. The van der Waals surface area contributed by atoms with Gasteiger partial charge in [0, 0.05) is 24.0 Å². The summed E-state index contributed by atoms with van der Waals surface area (Å²) in [5.74, 6) is 1.26. The van der Waals surface area contributed by atoms with E-state index in [1.807, 2.05) is 19.1 Å². The molecule has 4 nitrogen and oxygen atoms in total. The Balaban J connectivity index is 2.22. The smallest absolute Gasteiger partial charge is 0.322 e. The molecule has 2 rings (SSSR count). The monoisotopic (exact) mass is 271 g/mol. The first-order valence-corrected chi connectivity index (χ1v) is 6.82. The topological polar surface area (TPSA) is 61.0 Å². The lowest BCUT2D eigenvalue weighted by atomic mass is 9.98. The number of nitrogens with zero attached hydrogens (tertiary/aromatic N) is 2. The molecule has 0 atom stereocenters. The summed E-state index contributed by atoms with van der Waals surface area (Å²) in [4.78, 5) is 8.49. The average molecular weight is 271 g/mol. The molecule has 4 heteroatoms. The highest BCUT2D eigenvalue weighted by Gasteiger charge is 2.07. The summed E-state index contributed by atoms with van der Waals surface area (Å²) in [6.07, 6.45) is 1.72. The molecule has 0 aliphatic rings. The van der Waals surface area contributed by atoms with Gasteiger partial charge in [0.25, 0.3) is 0 Å². The second-order valence-electron chi connectivity index (χ2n) is 5.24. The predicted molar refractivity (Wildman–Crippen MR) is 80.0 cm³/mol. The van der Waals surface area contributed by atoms with Crippen molar-refractivity contribution in [1.82, 2.24) is 9.97 Å². The molecule has 2 aromatic rings. The fourth-order valence-corrected chi connectivity index (χ4v) is 2.19. The first-order chi connectivity index (χ1) is 9.51. The van der Waals surface area contributed by atoms with Gasteiger partial charge in [0.15, 0.2) is 0 Å². The van der Waals surface area contributed by atoms with E-state index >= 15 is 0 Å². The van der Waals surface area contributed by atoms with E-state index < -0.39 is 0 Å². The lowest BCUT2D eigenvalue weighted by molar-refractivity contribution is 0.439. The van der Waals surface area contributed by atoms with Crippen LogP contribution in [0.4, 0.5) is 0 Å². The molecule has 0 radical (unpaired) electrons. The second-order valence-corrected chi connectivity index (χ2v) is 5.24. The quantitative estimate of drug-likeness (QED) is 0.925. The molecule has 0 bridgehead atoms. The first-order valence-electron chi connectivity index (χ1n) is 6.82. The second kappa shape index (κ2) is 6.01. The molecule has 0 saturated carbocycles. The molecule has 106 valence electrons. The van der Waals surface area contributed by atoms with Crippen molar-refractivity contribution in [3.05, 3.63) is 46.8 Å². The average Bonchev–Trinajstić information content (AvgIpc) is 2.38.